The van der Waals surface area contributed by atoms with Crippen molar-refractivity contribution in [1.29, 1.82) is 0 Å². The van der Waals surface area contributed by atoms with Crippen LogP contribution in [0.2, 0.25) is 0 Å². The average molecular weight is 202 g/mol. The molecule has 0 aliphatic carbocycles. The van der Waals surface area contributed by atoms with Gasteiger partial charge in [0.1, 0.15) is 5.69 Å². The van der Waals surface area contributed by atoms with Gasteiger partial charge in [0.2, 0.25) is 0 Å². The van der Waals surface area contributed by atoms with E-state index < -0.39 is 0 Å². The number of carbonyl (C=O) groups is 1. The van der Waals surface area contributed by atoms with Gasteiger partial charge in [-0.25, -0.2) is 4.98 Å². The zero-order chi connectivity index (χ0) is 9.84. The van der Waals surface area contributed by atoms with Gasteiger partial charge < -0.3 is 9.88 Å². The fraction of sp³-hybridized carbons (Fsp3) is 0.500. The van der Waals surface area contributed by atoms with Crippen molar-refractivity contribution < 1.29 is 4.79 Å². The van der Waals surface area contributed by atoms with Crippen LogP contribution in [0.15, 0.2) is 12.5 Å². The molecule has 0 radical (unpaired) electrons. The number of rotatable bonds is 3. The predicted octanol–water partition coefficient (Wildman–Crippen LogP) is 0.777. The van der Waals surface area contributed by atoms with Gasteiger partial charge in [-0.1, -0.05) is 0 Å². The van der Waals surface area contributed by atoms with E-state index in [0.29, 0.717) is 12.2 Å². The van der Waals surface area contributed by atoms with Crippen molar-refractivity contribution in [2.24, 2.45) is 7.05 Å². The Labute approximate surface area is 81.9 Å². The van der Waals surface area contributed by atoms with Gasteiger partial charge in [-0.2, -0.15) is 0 Å². The molecule has 0 bridgehead atoms. The van der Waals surface area contributed by atoms with E-state index in [1.54, 1.807) is 17.1 Å². The first-order valence-corrected chi connectivity index (χ1v) is 4.43. The van der Waals surface area contributed by atoms with Gasteiger partial charge in [0.15, 0.2) is 0 Å². The van der Waals surface area contributed by atoms with Gasteiger partial charge in [0.25, 0.3) is 5.91 Å². The number of halogens is 1. The van der Waals surface area contributed by atoms with Crippen LogP contribution in [-0.2, 0) is 7.05 Å². The molecule has 1 atom stereocenters. The molecule has 0 aliphatic rings. The normalized spacial score (nSPS) is 12.5. The predicted molar refractivity (Wildman–Crippen MR) is 50.9 cm³/mol. The summed E-state index contributed by atoms with van der Waals surface area (Å²) < 4.78 is 1.72. The summed E-state index contributed by atoms with van der Waals surface area (Å²) in [4.78, 5) is 15.2. The minimum atomic E-state index is -0.187. The molecule has 1 aromatic heterocycles. The molecule has 0 aliphatic heterocycles. The molecule has 13 heavy (non-hydrogen) atoms. The van der Waals surface area contributed by atoms with E-state index in [1.807, 2.05) is 14.0 Å². The Kier molecular flexibility index (Phi) is 3.31. The van der Waals surface area contributed by atoms with Crippen LogP contribution >= 0.6 is 11.6 Å². The molecule has 0 saturated carbocycles. The van der Waals surface area contributed by atoms with Crippen molar-refractivity contribution in [3.63, 3.8) is 0 Å². The number of imidazole rings is 1. The Hall–Kier alpha value is -1.03. The van der Waals surface area contributed by atoms with Crippen LogP contribution in [-0.4, -0.2) is 27.4 Å². The summed E-state index contributed by atoms with van der Waals surface area (Å²) in [6.07, 6.45) is 3.24. The number of amides is 1. The number of carbonyl (C=O) groups excluding carboxylic acids is 1. The smallest absolute Gasteiger partial charge is 0.271 e. The molecule has 1 rings (SSSR count). The zero-order valence-corrected chi connectivity index (χ0v) is 8.38. The van der Waals surface area contributed by atoms with Gasteiger partial charge in [0.05, 0.1) is 6.33 Å². The molecule has 0 fully saturated rings. The van der Waals surface area contributed by atoms with Crippen molar-refractivity contribution in [2.45, 2.75) is 12.3 Å². The number of nitrogens with one attached hydrogen (secondary N) is 1. The number of alkyl halides is 1. The van der Waals surface area contributed by atoms with Crippen molar-refractivity contribution in [3.05, 3.63) is 18.2 Å². The number of nitrogens with zero attached hydrogens (tertiary/aromatic N) is 2. The summed E-state index contributed by atoms with van der Waals surface area (Å²) in [5.74, 6) is -0.187. The van der Waals surface area contributed by atoms with E-state index >= 15 is 0 Å². The minimum Gasteiger partial charge on any atom is -0.349 e. The van der Waals surface area contributed by atoms with E-state index in [4.69, 9.17) is 11.6 Å². The van der Waals surface area contributed by atoms with Gasteiger partial charge in [-0.05, 0) is 6.92 Å². The molecule has 72 valence electrons. The summed E-state index contributed by atoms with van der Waals surface area (Å²) >= 11 is 5.67. The van der Waals surface area contributed by atoms with Crippen molar-refractivity contribution in [2.75, 3.05) is 6.54 Å². The van der Waals surface area contributed by atoms with Gasteiger partial charge >= 0.3 is 0 Å². The van der Waals surface area contributed by atoms with E-state index in [1.165, 1.54) is 0 Å². The molecule has 1 unspecified atom stereocenters. The quantitative estimate of drug-likeness (QED) is 0.735. The topological polar surface area (TPSA) is 46.9 Å². The molecule has 5 heteroatoms. The second kappa shape index (κ2) is 4.28. The molecule has 1 N–H and O–H groups in total. The maximum absolute atomic E-state index is 11.3. The number of hydrogen-bond donors (Lipinski definition) is 1. The molecule has 1 amide bonds. The fourth-order valence-corrected chi connectivity index (χ4v) is 0.931. The minimum absolute atomic E-state index is 0.0623. The van der Waals surface area contributed by atoms with Crippen LogP contribution < -0.4 is 5.32 Å². The Morgan fingerprint density at radius 2 is 2.54 bits per heavy atom. The van der Waals surface area contributed by atoms with Crippen molar-refractivity contribution in [3.8, 4) is 0 Å². The monoisotopic (exact) mass is 201 g/mol. The molecule has 0 aromatic carbocycles. The van der Waals surface area contributed by atoms with Crippen LogP contribution in [0.25, 0.3) is 0 Å². The largest absolute Gasteiger partial charge is 0.349 e. The highest BCUT2D eigenvalue weighted by atomic mass is 35.5. The molecule has 1 aromatic rings. The summed E-state index contributed by atoms with van der Waals surface area (Å²) in [6, 6.07) is 0. The SMILES string of the molecule is CC(Cl)CNC(=O)c1cn(C)cn1. The lowest BCUT2D eigenvalue weighted by molar-refractivity contribution is 0.0949. The van der Waals surface area contributed by atoms with E-state index in [0.717, 1.165) is 0 Å². The molecular weight excluding hydrogens is 190 g/mol. The van der Waals surface area contributed by atoms with E-state index in [9.17, 15) is 4.79 Å². The fourth-order valence-electron chi connectivity index (χ4n) is 0.854. The third-order valence-corrected chi connectivity index (χ3v) is 1.64. The number of aromatic nitrogens is 2. The van der Waals surface area contributed by atoms with Gasteiger partial charge in [-0.15, -0.1) is 11.6 Å². The van der Waals surface area contributed by atoms with Crippen LogP contribution in [0.1, 0.15) is 17.4 Å². The van der Waals surface area contributed by atoms with Crippen molar-refractivity contribution >= 4 is 17.5 Å². The first kappa shape index (κ1) is 10.1. The number of hydrogen-bond acceptors (Lipinski definition) is 2. The maximum atomic E-state index is 11.3. The summed E-state index contributed by atoms with van der Waals surface area (Å²) in [7, 11) is 1.81. The molecule has 1 heterocycles. The van der Waals surface area contributed by atoms with Crippen LogP contribution in [0.3, 0.4) is 0 Å². The van der Waals surface area contributed by atoms with Crippen LogP contribution in [0.4, 0.5) is 0 Å². The average Bonchev–Trinajstić information content (AvgIpc) is 2.47. The molecule has 0 spiro atoms. The Morgan fingerprint density at radius 3 is 3.00 bits per heavy atom. The van der Waals surface area contributed by atoms with Crippen LogP contribution in [0, 0.1) is 0 Å². The third kappa shape index (κ3) is 3.06. The zero-order valence-electron chi connectivity index (χ0n) is 7.62. The second-order valence-electron chi connectivity index (χ2n) is 2.92. The Bertz CT molecular complexity index is 295. The van der Waals surface area contributed by atoms with E-state index in [-0.39, 0.29) is 11.3 Å². The highest BCUT2D eigenvalue weighted by molar-refractivity contribution is 6.20. The molecule has 4 nitrogen and oxygen atoms in total. The standard InChI is InChI=1S/C8H12ClN3O/c1-6(9)3-10-8(13)7-4-12(2)5-11-7/h4-6H,3H2,1-2H3,(H,10,13). The lowest BCUT2D eigenvalue weighted by Crippen LogP contribution is -2.28. The van der Waals surface area contributed by atoms with Crippen LogP contribution in [0.5, 0.6) is 0 Å². The molecule has 0 saturated heterocycles. The third-order valence-electron chi connectivity index (χ3n) is 1.48. The van der Waals surface area contributed by atoms with E-state index in [2.05, 4.69) is 10.3 Å². The Morgan fingerprint density at radius 1 is 1.85 bits per heavy atom. The van der Waals surface area contributed by atoms with Crippen molar-refractivity contribution in [1.82, 2.24) is 14.9 Å². The summed E-state index contributed by atoms with van der Waals surface area (Å²) in [5, 5.41) is 2.60. The Balaban J connectivity index is 2.49. The second-order valence-corrected chi connectivity index (χ2v) is 3.66. The lowest BCUT2D eigenvalue weighted by Gasteiger charge is -2.03. The summed E-state index contributed by atoms with van der Waals surface area (Å²) in [6.45, 7) is 2.28. The highest BCUT2D eigenvalue weighted by Crippen LogP contribution is 1.95. The number of aryl methyl sites for hydroxylation is 1. The first-order chi connectivity index (χ1) is 6.09. The lowest BCUT2D eigenvalue weighted by atomic mass is 10.4. The summed E-state index contributed by atoms with van der Waals surface area (Å²) in [5.41, 5.74) is 0.416. The molecular formula is C8H12ClN3O. The highest BCUT2D eigenvalue weighted by Gasteiger charge is 2.08. The first-order valence-electron chi connectivity index (χ1n) is 4.00. The van der Waals surface area contributed by atoms with Gasteiger partial charge in [0, 0.05) is 25.2 Å². The van der Waals surface area contributed by atoms with Gasteiger partial charge in [-0.3, -0.25) is 4.79 Å². The maximum Gasteiger partial charge on any atom is 0.271 e.